The van der Waals surface area contributed by atoms with E-state index in [0.717, 1.165) is 51.4 Å². The van der Waals surface area contributed by atoms with Gasteiger partial charge in [-0.2, -0.15) is 0 Å². The van der Waals surface area contributed by atoms with Crippen LogP contribution in [0.15, 0.2) is 24.3 Å². The lowest BCUT2D eigenvalue weighted by Gasteiger charge is -2.25. The monoisotopic (exact) mass is 842 g/mol. The normalized spacial score (nSPS) is 14.4. The predicted molar refractivity (Wildman–Crippen MR) is 249 cm³/mol. The molecule has 58 heavy (non-hydrogen) atoms. The molecule has 3 unspecified atom stereocenters. The van der Waals surface area contributed by atoms with Crippen molar-refractivity contribution in [3.8, 4) is 0 Å². The Morgan fingerprint density at radius 1 is 0.569 bits per heavy atom. The number of allylic oxidation sites excluding steroid dienone is 3. The summed E-state index contributed by atoms with van der Waals surface area (Å²) in [6.45, 7) is 4.81. The number of amides is 1. The van der Waals surface area contributed by atoms with Gasteiger partial charge >= 0.3 is 7.82 Å². The molecule has 3 N–H and O–H groups in total. The number of quaternary nitrogens is 1. The average Bonchev–Trinajstić information content (AvgIpc) is 3.17. The van der Waals surface area contributed by atoms with Crippen LogP contribution in [0.5, 0.6) is 0 Å². The highest BCUT2D eigenvalue weighted by Crippen LogP contribution is 2.43. The summed E-state index contributed by atoms with van der Waals surface area (Å²) >= 11 is 0. The third-order valence-electron chi connectivity index (χ3n) is 11.2. The fourth-order valence-electron chi connectivity index (χ4n) is 7.21. The van der Waals surface area contributed by atoms with Gasteiger partial charge in [0, 0.05) is 6.42 Å². The number of unbranched alkanes of at least 4 members (excludes halogenated alkanes) is 30. The smallest absolute Gasteiger partial charge is 0.387 e. The van der Waals surface area contributed by atoms with E-state index in [4.69, 9.17) is 9.05 Å². The molecule has 0 saturated heterocycles. The number of phosphoric ester groups is 1. The Labute approximate surface area is 360 Å². The first-order valence-electron chi connectivity index (χ1n) is 24.7. The lowest BCUT2D eigenvalue weighted by Crippen LogP contribution is -2.45. The molecule has 0 fully saturated rings. The van der Waals surface area contributed by atoms with Crippen LogP contribution in [0, 0.1) is 0 Å². The molecule has 0 heterocycles. The third kappa shape index (κ3) is 43.1. The van der Waals surface area contributed by atoms with Crippen molar-refractivity contribution in [3.63, 3.8) is 0 Å². The minimum Gasteiger partial charge on any atom is -0.387 e. The summed E-state index contributed by atoms with van der Waals surface area (Å²) in [6, 6.07) is -0.848. The molecule has 0 aromatic rings. The van der Waals surface area contributed by atoms with Gasteiger partial charge in [-0.3, -0.25) is 13.8 Å². The molecule has 3 atom stereocenters. The minimum atomic E-state index is -4.34. The van der Waals surface area contributed by atoms with Crippen LogP contribution in [0.4, 0.5) is 0 Å². The van der Waals surface area contributed by atoms with Crippen LogP contribution in [-0.4, -0.2) is 73.4 Å². The molecule has 0 aromatic carbocycles. The molecule has 8 nitrogen and oxygen atoms in total. The average molecular weight is 842 g/mol. The summed E-state index contributed by atoms with van der Waals surface area (Å²) < 4.78 is 23.6. The number of nitrogens with zero attached hydrogens (tertiary/aromatic N) is 1. The van der Waals surface area contributed by atoms with E-state index in [2.05, 4.69) is 31.3 Å². The second-order valence-corrected chi connectivity index (χ2v) is 19.6. The van der Waals surface area contributed by atoms with Crippen LogP contribution in [-0.2, 0) is 18.4 Å². The summed E-state index contributed by atoms with van der Waals surface area (Å²) in [5, 5.41) is 13.9. The maximum Gasteiger partial charge on any atom is 0.472 e. The van der Waals surface area contributed by atoms with Crippen LogP contribution in [0.2, 0.25) is 0 Å². The number of phosphoric acid groups is 1. The largest absolute Gasteiger partial charge is 0.472 e. The zero-order chi connectivity index (χ0) is 42.8. The zero-order valence-electron chi connectivity index (χ0n) is 39.0. The van der Waals surface area contributed by atoms with Crippen molar-refractivity contribution in [2.45, 2.75) is 244 Å². The Bertz CT molecular complexity index is 1000. The summed E-state index contributed by atoms with van der Waals surface area (Å²) in [6.07, 6.45) is 49.7. The van der Waals surface area contributed by atoms with E-state index in [0.29, 0.717) is 17.4 Å². The molecular weight excluding hydrogens is 744 g/mol. The number of nitrogens with one attached hydrogen (secondary N) is 1. The second-order valence-electron chi connectivity index (χ2n) is 18.2. The third-order valence-corrected chi connectivity index (χ3v) is 12.1. The van der Waals surface area contributed by atoms with Crippen molar-refractivity contribution in [3.05, 3.63) is 24.3 Å². The summed E-state index contributed by atoms with van der Waals surface area (Å²) in [4.78, 5) is 23.1. The van der Waals surface area contributed by atoms with Crippen molar-refractivity contribution >= 4 is 13.7 Å². The molecule has 0 bridgehead atoms. The van der Waals surface area contributed by atoms with E-state index >= 15 is 0 Å². The number of rotatable bonds is 45. The lowest BCUT2D eigenvalue weighted by molar-refractivity contribution is -0.870. The first-order valence-corrected chi connectivity index (χ1v) is 26.2. The Balaban J connectivity index is 4.28. The van der Waals surface area contributed by atoms with E-state index in [9.17, 15) is 19.4 Å². The molecule has 0 rings (SSSR count). The van der Waals surface area contributed by atoms with Crippen molar-refractivity contribution in [2.75, 3.05) is 40.9 Å². The van der Waals surface area contributed by atoms with Gasteiger partial charge in [0.25, 0.3) is 0 Å². The van der Waals surface area contributed by atoms with Crippen LogP contribution in [0.25, 0.3) is 0 Å². The maximum absolute atomic E-state index is 12.9. The number of hydrogen-bond donors (Lipinski definition) is 3. The number of carbonyl (C=O) groups is 1. The number of aliphatic hydroxyl groups excluding tert-OH is 1. The highest BCUT2D eigenvalue weighted by Gasteiger charge is 2.27. The Morgan fingerprint density at radius 3 is 1.34 bits per heavy atom. The van der Waals surface area contributed by atoms with Gasteiger partial charge in [-0.05, 0) is 44.9 Å². The lowest BCUT2D eigenvalue weighted by atomic mass is 10.0. The van der Waals surface area contributed by atoms with E-state index in [1.165, 1.54) is 161 Å². The second kappa shape index (κ2) is 41.3. The highest BCUT2D eigenvalue weighted by atomic mass is 31.2. The first-order chi connectivity index (χ1) is 28.0. The van der Waals surface area contributed by atoms with Crippen LogP contribution in [0.1, 0.15) is 232 Å². The summed E-state index contributed by atoms with van der Waals surface area (Å²) in [5.74, 6) is -0.185. The molecule has 0 aliphatic carbocycles. The highest BCUT2D eigenvalue weighted by molar-refractivity contribution is 7.47. The Hall–Kier alpha value is -1.02. The summed E-state index contributed by atoms with van der Waals surface area (Å²) in [7, 11) is 1.57. The Kier molecular flexibility index (Phi) is 40.6. The van der Waals surface area contributed by atoms with E-state index in [-0.39, 0.29) is 19.1 Å². The Morgan fingerprint density at radius 2 is 0.931 bits per heavy atom. The van der Waals surface area contributed by atoms with Gasteiger partial charge in [-0.1, -0.05) is 205 Å². The molecule has 0 aromatic heterocycles. The topological polar surface area (TPSA) is 105 Å². The molecule has 0 saturated carbocycles. The van der Waals surface area contributed by atoms with E-state index in [1.807, 2.05) is 27.2 Å². The molecule has 0 radical (unpaired) electrons. The van der Waals surface area contributed by atoms with Gasteiger partial charge in [-0.25, -0.2) is 4.57 Å². The quantitative estimate of drug-likeness (QED) is 0.0244. The van der Waals surface area contributed by atoms with Crippen molar-refractivity contribution in [2.24, 2.45) is 0 Å². The number of hydrogen-bond acceptors (Lipinski definition) is 5. The van der Waals surface area contributed by atoms with Crippen molar-refractivity contribution in [1.82, 2.24) is 5.32 Å². The van der Waals surface area contributed by atoms with E-state index < -0.39 is 20.0 Å². The number of aliphatic hydroxyl groups is 1. The van der Waals surface area contributed by atoms with Crippen LogP contribution in [0.3, 0.4) is 0 Å². The summed E-state index contributed by atoms with van der Waals surface area (Å²) in [5.41, 5.74) is 0. The van der Waals surface area contributed by atoms with Gasteiger partial charge in [0.15, 0.2) is 0 Å². The first kappa shape index (κ1) is 57.0. The molecule has 9 heteroatoms. The van der Waals surface area contributed by atoms with Gasteiger partial charge in [0.05, 0.1) is 39.9 Å². The standard InChI is InChI=1S/C49H97N2O6P/c1-6-8-10-12-14-16-18-20-21-22-23-24-25-26-27-28-29-31-32-34-36-38-40-42-48(52)47(46-57-58(54,55)56-45-44-51(3,4)5)50-49(53)43-41-39-37-35-33-30-19-17-15-13-11-9-7-2/h17,19,40,42,47-48,52H,6-16,18,20-39,41,43-46H2,1-5H3,(H-,50,53,54,55)/p+1/b19-17-,42-40+. The van der Waals surface area contributed by atoms with Gasteiger partial charge in [0.1, 0.15) is 13.2 Å². The molecule has 0 aliphatic rings. The molecule has 344 valence electrons. The fraction of sp³-hybridized carbons (Fsp3) is 0.898. The van der Waals surface area contributed by atoms with E-state index in [1.54, 1.807) is 6.08 Å². The molecule has 0 aliphatic heterocycles. The molecule has 0 spiro atoms. The van der Waals surface area contributed by atoms with Crippen molar-refractivity contribution in [1.29, 1.82) is 0 Å². The predicted octanol–water partition coefficient (Wildman–Crippen LogP) is 14.1. The number of carbonyl (C=O) groups excluding carboxylic acids is 1. The number of likely N-dealkylation sites (N-methyl/N-ethyl adjacent to an activating group) is 1. The van der Waals surface area contributed by atoms with Crippen LogP contribution < -0.4 is 5.32 Å². The molecule has 1 amide bonds. The van der Waals surface area contributed by atoms with Crippen molar-refractivity contribution < 1.29 is 32.9 Å². The zero-order valence-corrected chi connectivity index (χ0v) is 39.9. The van der Waals surface area contributed by atoms with Gasteiger partial charge < -0.3 is 19.8 Å². The SMILES string of the molecule is CCCCCC/C=C\CCCCCCCC(=O)NC(COP(=O)(O)OCC[N+](C)(C)C)C(O)/C=C/CCCCCCCCCCCCCCCCCCCCCCC. The van der Waals surface area contributed by atoms with Gasteiger partial charge in [-0.15, -0.1) is 0 Å². The van der Waals surface area contributed by atoms with Gasteiger partial charge in [0.2, 0.25) is 5.91 Å². The molecular formula is C49H98N2O6P+. The van der Waals surface area contributed by atoms with Crippen LogP contribution >= 0.6 is 7.82 Å². The minimum absolute atomic E-state index is 0.0611. The fourth-order valence-corrected chi connectivity index (χ4v) is 7.95. The maximum atomic E-state index is 12.9.